The summed E-state index contributed by atoms with van der Waals surface area (Å²) in [4.78, 5) is 25.3. The van der Waals surface area contributed by atoms with Gasteiger partial charge in [-0.2, -0.15) is 18.2 Å². The molecule has 0 radical (unpaired) electrons. The summed E-state index contributed by atoms with van der Waals surface area (Å²) in [5.74, 6) is 0.252. The number of halogens is 4. The van der Waals surface area contributed by atoms with Crippen molar-refractivity contribution < 1.29 is 32.2 Å². The molecule has 1 aromatic carbocycles. The van der Waals surface area contributed by atoms with Crippen LogP contribution in [0.3, 0.4) is 0 Å². The van der Waals surface area contributed by atoms with Crippen molar-refractivity contribution in [3.05, 3.63) is 81.5 Å². The summed E-state index contributed by atoms with van der Waals surface area (Å²) in [6.45, 7) is 2.62. The van der Waals surface area contributed by atoms with Crippen LogP contribution < -0.4 is 30.7 Å². The van der Waals surface area contributed by atoms with Gasteiger partial charge in [-0.1, -0.05) is 35.9 Å². The van der Waals surface area contributed by atoms with Crippen molar-refractivity contribution in [2.75, 3.05) is 39.3 Å². The van der Waals surface area contributed by atoms with Crippen LogP contribution in [-0.2, 0) is 35.2 Å². The van der Waals surface area contributed by atoms with Crippen molar-refractivity contribution >= 4 is 23.3 Å². The van der Waals surface area contributed by atoms with Crippen LogP contribution in [0.1, 0.15) is 66.0 Å². The number of hydrogen-bond donors (Lipinski definition) is 4. The van der Waals surface area contributed by atoms with E-state index in [1.165, 1.54) is 7.11 Å². The third-order valence-electron chi connectivity index (χ3n) is 10.3. The number of nitrogens with zero attached hydrogens (tertiary/aromatic N) is 3. The van der Waals surface area contributed by atoms with E-state index in [1.807, 2.05) is 36.4 Å². The molecule has 3 aromatic heterocycles. The number of fused-ring (bicyclic) bond motifs is 1. The van der Waals surface area contributed by atoms with E-state index in [9.17, 15) is 18.0 Å². The third kappa shape index (κ3) is 8.26. The Morgan fingerprint density at radius 3 is 2.48 bits per heavy atom. The molecule has 2 fully saturated rings. The first-order valence-corrected chi connectivity index (χ1v) is 18.5. The summed E-state index contributed by atoms with van der Waals surface area (Å²) in [6, 6.07) is 12.3. The Kier molecular flexibility index (Phi) is 11.5. The quantitative estimate of drug-likeness (QED) is 0.118. The summed E-state index contributed by atoms with van der Waals surface area (Å²) >= 11 is 7.09. The van der Waals surface area contributed by atoms with Gasteiger partial charge >= 0.3 is 6.18 Å². The number of benzene rings is 1. The van der Waals surface area contributed by atoms with Crippen molar-refractivity contribution in [1.29, 1.82) is 0 Å². The van der Waals surface area contributed by atoms with Gasteiger partial charge in [0.05, 0.1) is 42.2 Å². The van der Waals surface area contributed by atoms with E-state index in [-0.39, 0.29) is 35.8 Å². The van der Waals surface area contributed by atoms with Crippen LogP contribution in [-0.4, -0.2) is 66.9 Å². The van der Waals surface area contributed by atoms with E-state index in [0.29, 0.717) is 72.7 Å². The van der Waals surface area contributed by atoms with E-state index in [4.69, 9.17) is 30.8 Å². The van der Waals surface area contributed by atoms with E-state index in [1.54, 1.807) is 13.3 Å². The Labute approximate surface area is 316 Å². The van der Waals surface area contributed by atoms with Gasteiger partial charge in [0, 0.05) is 79.8 Å². The van der Waals surface area contributed by atoms with Crippen LogP contribution in [0.5, 0.6) is 11.8 Å². The summed E-state index contributed by atoms with van der Waals surface area (Å²) in [5, 5.41) is 13.1. The molecule has 15 heteroatoms. The highest BCUT2D eigenvalue weighted by molar-refractivity contribution is 6.35. The molecule has 5 heterocycles. The van der Waals surface area contributed by atoms with E-state index < -0.39 is 17.8 Å². The zero-order valence-corrected chi connectivity index (χ0v) is 30.9. The van der Waals surface area contributed by atoms with Crippen LogP contribution in [0.2, 0.25) is 5.02 Å². The predicted octanol–water partition coefficient (Wildman–Crippen LogP) is 6.63. The third-order valence-corrected chi connectivity index (χ3v) is 10.7. The van der Waals surface area contributed by atoms with Gasteiger partial charge in [0.25, 0.3) is 0 Å². The van der Waals surface area contributed by atoms with E-state index >= 15 is 0 Å². The molecule has 4 aromatic rings. The summed E-state index contributed by atoms with van der Waals surface area (Å²) < 4.78 is 60.1. The zero-order chi connectivity index (χ0) is 37.8. The van der Waals surface area contributed by atoms with Gasteiger partial charge in [-0.25, -0.2) is 4.98 Å². The number of aromatic nitrogens is 3. The molecule has 0 saturated carbocycles. The Morgan fingerprint density at radius 1 is 0.944 bits per heavy atom. The van der Waals surface area contributed by atoms with E-state index in [2.05, 4.69) is 31.2 Å². The second-order valence-corrected chi connectivity index (χ2v) is 14.1. The number of alkyl halides is 3. The highest BCUT2D eigenvalue weighted by atomic mass is 35.5. The lowest BCUT2D eigenvalue weighted by atomic mass is 9.98. The van der Waals surface area contributed by atoms with Crippen LogP contribution in [0, 0.1) is 0 Å². The van der Waals surface area contributed by atoms with Gasteiger partial charge in [-0.05, 0) is 61.4 Å². The first kappa shape index (κ1) is 37.8. The molecular weight excluding hydrogens is 723 g/mol. The molecule has 1 aliphatic carbocycles. The molecule has 2 atom stereocenters. The Morgan fingerprint density at radius 2 is 1.74 bits per heavy atom. The fourth-order valence-corrected chi connectivity index (χ4v) is 7.80. The van der Waals surface area contributed by atoms with Crippen LogP contribution >= 0.6 is 11.6 Å². The number of pyridine rings is 3. The van der Waals surface area contributed by atoms with Crippen molar-refractivity contribution in [2.24, 2.45) is 0 Å². The van der Waals surface area contributed by atoms with Gasteiger partial charge < -0.3 is 35.5 Å². The van der Waals surface area contributed by atoms with Gasteiger partial charge in [0.15, 0.2) is 0 Å². The van der Waals surface area contributed by atoms with Gasteiger partial charge in [-0.15, -0.1) is 0 Å². The number of methoxy groups -OCH3 is 2. The molecule has 2 aliphatic heterocycles. The second-order valence-electron chi connectivity index (χ2n) is 13.7. The van der Waals surface area contributed by atoms with Crippen LogP contribution in [0.4, 0.5) is 19.0 Å². The molecule has 54 heavy (non-hydrogen) atoms. The van der Waals surface area contributed by atoms with Crippen molar-refractivity contribution in [1.82, 2.24) is 30.9 Å². The molecule has 286 valence electrons. The molecule has 1 amide bonds. The number of nitrogens with one attached hydrogen (secondary N) is 4. The van der Waals surface area contributed by atoms with Crippen molar-refractivity contribution in [3.8, 4) is 34.3 Å². The number of carbonyl (C=O) groups excluding carboxylic acids is 1. The Balaban J connectivity index is 1.12. The normalized spacial score (nSPS) is 18.7. The number of hydrogen-bond acceptors (Lipinski definition) is 10. The smallest absolute Gasteiger partial charge is 0.419 e. The minimum Gasteiger partial charge on any atom is -0.481 e. The number of ether oxygens (including phenoxy) is 3. The monoisotopic (exact) mass is 765 g/mol. The lowest BCUT2D eigenvalue weighted by molar-refractivity contribution is -0.137. The van der Waals surface area contributed by atoms with Crippen LogP contribution in [0.25, 0.3) is 22.5 Å². The first-order chi connectivity index (χ1) is 26.1. The lowest BCUT2D eigenvalue weighted by Crippen LogP contribution is -2.35. The molecule has 7 rings (SSSR count). The lowest BCUT2D eigenvalue weighted by Gasteiger charge is -2.23. The highest BCUT2D eigenvalue weighted by Gasteiger charge is 2.37. The summed E-state index contributed by atoms with van der Waals surface area (Å²) in [7, 11) is 2.98. The van der Waals surface area contributed by atoms with Crippen molar-refractivity contribution in [2.45, 2.75) is 75.9 Å². The number of carbonyl (C=O) groups is 1. The molecule has 4 N–H and O–H groups in total. The average molecular weight is 766 g/mol. The maximum Gasteiger partial charge on any atom is 0.419 e. The molecular formula is C39H43ClF3N7O4. The number of anilines is 1. The standard InChI is InChI=1S/C39H43ClF3N7O4/c1-52-37-22(20-46-24-13-16-54-17-14-24)6-9-32(49-37)29-12-15-45-35(34(29)40)28-5-3-4-27-26(28)8-10-31(27)48-36-30(39(41,42)43)18-23(38(50-36)53-2)19-44-21-25-7-11-33(51)47-25/h3-6,9,12,15,18,24-25,31,44,46H,7-8,10-11,13-14,16-17,19-21H2,1-2H3,(H,47,51)(H,48,50)/t25-,31+/m1/s1. The fourth-order valence-electron chi connectivity index (χ4n) is 7.49. The molecule has 0 bridgehead atoms. The van der Waals surface area contributed by atoms with Gasteiger partial charge in [0.2, 0.25) is 17.7 Å². The molecule has 11 nitrogen and oxygen atoms in total. The molecule has 2 saturated heterocycles. The maximum atomic E-state index is 14.5. The molecule has 0 spiro atoms. The minimum absolute atomic E-state index is 0.0292. The first-order valence-electron chi connectivity index (χ1n) is 18.2. The second kappa shape index (κ2) is 16.5. The Bertz CT molecular complexity index is 1990. The maximum absolute atomic E-state index is 14.5. The minimum atomic E-state index is -4.67. The van der Waals surface area contributed by atoms with Crippen molar-refractivity contribution in [3.63, 3.8) is 0 Å². The summed E-state index contributed by atoms with van der Waals surface area (Å²) in [5.41, 5.74) is 4.77. The largest absolute Gasteiger partial charge is 0.481 e. The summed E-state index contributed by atoms with van der Waals surface area (Å²) in [6.07, 6.45) is 1.15. The van der Waals surface area contributed by atoms with E-state index in [0.717, 1.165) is 54.4 Å². The van der Waals surface area contributed by atoms with Gasteiger partial charge in [0.1, 0.15) is 5.82 Å². The SMILES string of the molecule is COc1nc(-c2ccnc(-c3cccc4c3CC[C@@H]4Nc3nc(OC)c(CNC[C@H]4CCC(=O)N4)cc3C(F)(F)F)c2Cl)ccc1CNC1CCOCC1. The average Bonchev–Trinajstić information content (AvgIpc) is 3.79. The fraction of sp³-hybridized carbons (Fsp3) is 0.436. The topological polar surface area (TPSA) is 132 Å². The number of rotatable bonds is 13. The van der Waals surface area contributed by atoms with Gasteiger partial charge in [-0.3, -0.25) is 9.78 Å². The highest BCUT2D eigenvalue weighted by Crippen LogP contribution is 2.44. The number of amides is 1. The predicted molar refractivity (Wildman–Crippen MR) is 198 cm³/mol. The zero-order valence-electron chi connectivity index (χ0n) is 30.1. The Hall–Kier alpha value is -4.50. The van der Waals surface area contributed by atoms with Crippen LogP contribution in [0.15, 0.2) is 48.7 Å². The molecule has 3 aliphatic rings. The molecule has 0 unspecified atom stereocenters.